The first kappa shape index (κ1) is 8.91. The highest BCUT2D eigenvalue weighted by atomic mass is 16.1. The fourth-order valence-electron chi connectivity index (χ4n) is 1.15. The van der Waals surface area contributed by atoms with Crippen LogP contribution in [0.4, 0.5) is 0 Å². The molecule has 0 aliphatic heterocycles. The third kappa shape index (κ3) is 2.82. The van der Waals surface area contributed by atoms with Crippen molar-refractivity contribution < 1.29 is 4.79 Å². The highest BCUT2D eigenvalue weighted by Gasteiger charge is 1.93. The quantitative estimate of drug-likeness (QED) is 0.501. The van der Waals surface area contributed by atoms with E-state index in [2.05, 4.69) is 11.1 Å². The van der Waals surface area contributed by atoms with E-state index < -0.39 is 0 Å². The summed E-state index contributed by atoms with van der Waals surface area (Å²) in [5.74, 6) is 0. The van der Waals surface area contributed by atoms with E-state index in [1.807, 2.05) is 19.2 Å². The van der Waals surface area contributed by atoms with Crippen LogP contribution in [0.25, 0.3) is 0 Å². The van der Waals surface area contributed by atoms with Crippen molar-refractivity contribution in [3.8, 4) is 0 Å². The number of aryl methyl sites for hydroxylation is 2. The Morgan fingerprint density at radius 1 is 1.58 bits per heavy atom. The average Bonchev–Trinajstić information content (AvgIpc) is 2.05. The Labute approximate surface area is 72.6 Å². The Kier molecular flexibility index (Phi) is 3.45. The Bertz CT molecular complexity index is 258. The molecule has 0 aliphatic carbocycles. The van der Waals surface area contributed by atoms with Gasteiger partial charge < -0.3 is 4.79 Å². The molecular weight excluding hydrogens is 150 g/mol. The van der Waals surface area contributed by atoms with Gasteiger partial charge in [-0.25, -0.2) is 0 Å². The van der Waals surface area contributed by atoms with E-state index in [-0.39, 0.29) is 0 Å². The summed E-state index contributed by atoms with van der Waals surface area (Å²) in [6.07, 6.45) is 5.34. The van der Waals surface area contributed by atoms with Crippen molar-refractivity contribution in [2.75, 3.05) is 0 Å². The predicted octanol–water partition coefficient (Wildman–Crippen LogP) is 1.91. The van der Waals surface area contributed by atoms with Crippen LogP contribution in [0.3, 0.4) is 0 Å². The third-order valence-electron chi connectivity index (χ3n) is 1.75. The van der Waals surface area contributed by atoms with Crippen molar-refractivity contribution in [1.29, 1.82) is 0 Å². The van der Waals surface area contributed by atoms with Gasteiger partial charge in [0.25, 0.3) is 0 Å². The highest BCUT2D eigenvalue weighted by molar-refractivity contribution is 5.49. The minimum absolute atomic E-state index is 0.654. The van der Waals surface area contributed by atoms with Crippen molar-refractivity contribution in [2.24, 2.45) is 0 Å². The van der Waals surface area contributed by atoms with E-state index in [4.69, 9.17) is 0 Å². The van der Waals surface area contributed by atoms with E-state index in [1.54, 1.807) is 0 Å². The molecular formula is C10H13NO. The molecule has 0 aromatic carbocycles. The number of unbranched alkanes of at least 4 members (excludes halogenated alkanes) is 1. The fraction of sp³-hybridized carbons (Fsp3) is 0.400. The SMILES string of the molecule is Cc1cc(CCCC=O)ccn1. The number of hydrogen-bond acceptors (Lipinski definition) is 2. The van der Waals surface area contributed by atoms with Crippen molar-refractivity contribution >= 4 is 6.29 Å². The summed E-state index contributed by atoms with van der Waals surface area (Å²) in [7, 11) is 0. The van der Waals surface area contributed by atoms with Crippen molar-refractivity contribution in [3.05, 3.63) is 29.6 Å². The number of rotatable bonds is 4. The summed E-state index contributed by atoms with van der Waals surface area (Å²) in [4.78, 5) is 14.1. The summed E-state index contributed by atoms with van der Waals surface area (Å²) in [5.41, 5.74) is 2.31. The van der Waals surface area contributed by atoms with Crippen LogP contribution in [0, 0.1) is 6.92 Å². The zero-order valence-electron chi connectivity index (χ0n) is 7.29. The standard InChI is InChI=1S/C10H13NO/c1-9-8-10(5-6-11-9)4-2-3-7-12/h5-8H,2-4H2,1H3. The first-order valence-corrected chi connectivity index (χ1v) is 4.18. The number of pyridine rings is 1. The maximum absolute atomic E-state index is 10.0. The Hall–Kier alpha value is -1.18. The highest BCUT2D eigenvalue weighted by Crippen LogP contribution is 2.04. The average molecular weight is 163 g/mol. The van der Waals surface area contributed by atoms with Gasteiger partial charge >= 0.3 is 0 Å². The normalized spacial score (nSPS) is 9.75. The lowest BCUT2D eigenvalue weighted by Gasteiger charge is -1.98. The van der Waals surface area contributed by atoms with E-state index in [1.165, 1.54) is 5.56 Å². The van der Waals surface area contributed by atoms with Gasteiger partial charge in [-0.05, 0) is 37.5 Å². The molecule has 1 aromatic heterocycles. The van der Waals surface area contributed by atoms with Crippen LogP contribution in [0.1, 0.15) is 24.1 Å². The second kappa shape index (κ2) is 4.65. The number of aldehydes is 1. The number of hydrogen-bond donors (Lipinski definition) is 0. The van der Waals surface area contributed by atoms with Gasteiger partial charge in [-0.2, -0.15) is 0 Å². The van der Waals surface area contributed by atoms with Crippen LogP contribution >= 0.6 is 0 Å². The molecule has 0 spiro atoms. The minimum Gasteiger partial charge on any atom is -0.303 e. The molecule has 0 bridgehead atoms. The molecule has 0 amide bonds. The second-order valence-electron chi connectivity index (χ2n) is 2.86. The van der Waals surface area contributed by atoms with Crippen LogP contribution in [0.5, 0.6) is 0 Å². The summed E-state index contributed by atoms with van der Waals surface area (Å²) in [5, 5.41) is 0. The predicted molar refractivity (Wildman–Crippen MR) is 48.0 cm³/mol. The van der Waals surface area contributed by atoms with Gasteiger partial charge in [0.05, 0.1) is 0 Å². The summed E-state index contributed by atoms with van der Waals surface area (Å²) < 4.78 is 0. The Balaban J connectivity index is 2.46. The monoisotopic (exact) mass is 163 g/mol. The van der Waals surface area contributed by atoms with Crippen LogP contribution in [0.15, 0.2) is 18.3 Å². The third-order valence-corrected chi connectivity index (χ3v) is 1.75. The van der Waals surface area contributed by atoms with Crippen LogP contribution in [-0.4, -0.2) is 11.3 Å². The van der Waals surface area contributed by atoms with Crippen LogP contribution in [-0.2, 0) is 11.2 Å². The largest absolute Gasteiger partial charge is 0.303 e. The zero-order valence-corrected chi connectivity index (χ0v) is 7.29. The number of aromatic nitrogens is 1. The Morgan fingerprint density at radius 2 is 2.42 bits per heavy atom. The van der Waals surface area contributed by atoms with Gasteiger partial charge in [-0.15, -0.1) is 0 Å². The van der Waals surface area contributed by atoms with Gasteiger partial charge in [0.2, 0.25) is 0 Å². The molecule has 1 heterocycles. The summed E-state index contributed by atoms with van der Waals surface area (Å²) >= 11 is 0. The zero-order chi connectivity index (χ0) is 8.81. The first-order chi connectivity index (χ1) is 5.83. The Morgan fingerprint density at radius 3 is 3.08 bits per heavy atom. The lowest BCUT2D eigenvalue weighted by atomic mass is 10.1. The van der Waals surface area contributed by atoms with E-state index in [9.17, 15) is 4.79 Å². The number of carbonyl (C=O) groups excluding carboxylic acids is 1. The van der Waals surface area contributed by atoms with Gasteiger partial charge in [0.15, 0.2) is 0 Å². The second-order valence-corrected chi connectivity index (χ2v) is 2.86. The van der Waals surface area contributed by atoms with Crippen molar-refractivity contribution in [3.63, 3.8) is 0 Å². The molecule has 1 aromatic rings. The lowest BCUT2D eigenvalue weighted by molar-refractivity contribution is -0.107. The molecule has 64 valence electrons. The first-order valence-electron chi connectivity index (χ1n) is 4.18. The smallest absolute Gasteiger partial charge is 0.120 e. The maximum atomic E-state index is 10.0. The van der Waals surface area contributed by atoms with E-state index in [0.717, 1.165) is 24.8 Å². The lowest BCUT2D eigenvalue weighted by Crippen LogP contribution is -1.88. The molecule has 1 rings (SSSR count). The van der Waals surface area contributed by atoms with Crippen molar-refractivity contribution in [1.82, 2.24) is 4.98 Å². The summed E-state index contributed by atoms with van der Waals surface area (Å²) in [6, 6.07) is 4.06. The molecule has 2 nitrogen and oxygen atoms in total. The van der Waals surface area contributed by atoms with Gasteiger partial charge in [-0.1, -0.05) is 0 Å². The maximum Gasteiger partial charge on any atom is 0.120 e. The van der Waals surface area contributed by atoms with Gasteiger partial charge in [0, 0.05) is 18.3 Å². The molecule has 0 saturated carbocycles. The molecule has 0 saturated heterocycles. The molecule has 0 fully saturated rings. The summed E-state index contributed by atoms with van der Waals surface area (Å²) in [6.45, 7) is 1.98. The molecule has 12 heavy (non-hydrogen) atoms. The molecule has 0 N–H and O–H groups in total. The topological polar surface area (TPSA) is 30.0 Å². The van der Waals surface area contributed by atoms with Crippen LogP contribution in [0.2, 0.25) is 0 Å². The molecule has 0 atom stereocenters. The molecule has 0 aliphatic rings. The number of nitrogens with zero attached hydrogens (tertiary/aromatic N) is 1. The van der Waals surface area contributed by atoms with Crippen molar-refractivity contribution in [2.45, 2.75) is 26.2 Å². The molecule has 2 heteroatoms. The van der Waals surface area contributed by atoms with Gasteiger partial charge in [0.1, 0.15) is 6.29 Å². The van der Waals surface area contributed by atoms with E-state index in [0.29, 0.717) is 6.42 Å². The number of carbonyl (C=O) groups is 1. The van der Waals surface area contributed by atoms with Gasteiger partial charge in [-0.3, -0.25) is 4.98 Å². The van der Waals surface area contributed by atoms with E-state index >= 15 is 0 Å². The minimum atomic E-state index is 0.654. The molecule has 0 unspecified atom stereocenters. The van der Waals surface area contributed by atoms with Crippen LogP contribution < -0.4 is 0 Å². The fourth-order valence-corrected chi connectivity index (χ4v) is 1.15. The molecule has 0 radical (unpaired) electrons.